The lowest BCUT2D eigenvalue weighted by atomic mass is 10.1. The maximum atomic E-state index is 11.8. The first kappa shape index (κ1) is 17.4. The van der Waals surface area contributed by atoms with Crippen molar-refractivity contribution in [3.8, 4) is 0 Å². The van der Waals surface area contributed by atoms with Gasteiger partial charge in [0.05, 0.1) is 4.90 Å². The summed E-state index contributed by atoms with van der Waals surface area (Å²) in [5.41, 5.74) is 10.9. The van der Waals surface area contributed by atoms with E-state index in [0.29, 0.717) is 11.1 Å². The SMILES string of the molecule is CCN.Nc1ccc(S(=O)(=O)S(N)(=O)=O)c2ccccc12. The van der Waals surface area contributed by atoms with Crippen LogP contribution in [-0.2, 0) is 17.9 Å². The van der Waals surface area contributed by atoms with Crippen LogP contribution < -0.4 is 16.6 Å². The summed E-state index contributed by atoms with van der Waals surface area (Å²) in [6, 6.07) is 8.81. The van der Waals surface area contributed by atoms with Crippen molar-refractivity contribution < 1.29 is 16.8 Å². The van der Waals surface area contributed by atoms with Crippen LogP contribution in [0.25, 0.3) is 10.8 Å². The van der Waals surface area contributed by atoms with Gasteiger partial charge in [-0.1, -0.05) is 31.2 Å². The molecule has 0 aliphatic carbocycles. The van der Waals surface area contributed by atoms with E-state index in [0.717, 1.165) is 12.6 Å². The first-order valence-corrected chi connectivity index (χ1v) is 9.46. The fraction of sp³-hybridized carbons (Fsp3) is 0.167. The van der Waals surface area contributed by atoms with Gasteiger partial charge in [0.1, 0.15) is 0 Å². The molecular formula is C12H17N3O4S2. The van der Waals surface area contributed by atoms with Gasteiger partial charge in [-0.25, -0.2) is 13.6 Å². The minimum atomic E-state index is -4.73. The van der Waals surface area contributed by atoms with Crippen molar-refractivity contribution in [2.24, 2.45) is 10.9 Å². The second-order valence-corrected chi connectivity index (χ2v) is 9.10. The van der Waals surface area contributed by atoms with Crippen molar-refractivity contribution in [1.29, 1.82) is 0 Å². The smallest absolute Gasteiger partial charge is 0.319 e. The molecule has 0 aliphatic rings. The third-order valence-corrected chi connectivity index (χ3v) is 6.37. The first-order valence-electron chi connectivity index (χ1n) is 5.92. The monoisotopic (exact) mass is 331 g/mol. The largest absolute Gasteiger partial charge is 0.398 e. The lowest BCUT2D eigenvalue weighted by Gasteiger charge is -2.08. The average molecular weight is 331 g/mol. The highest BCUT2D eigenvalue weighted by molar-refractivity contribution is 8.66. The van der Waals surface area contributed by atoms with Crippen LogP contribution in [0.15, 0.2) is 41.3 Å². The van der Waals surface area contributed by atoms with E-state index in [9.17, 15) is 16.8 Å². The molecule has 9 heteroatoms. The van der Waals surface area contributed by atoms with Crippen LogP contribution in [0.4, 0.5) is 5.69 Å². The first-order chi connectivity index (χ1) is 9.66. The molecule has 0 heterocycles. The van der Waals surface area contributed by atoms with Gasteiger partial charge in [0.2, 0.25) is 0 Å². The zero-order chi connectivity index (χ0) is 16.3. The number of fused-ring (bicyclic) bond motifs is 1. The molecule has 0 aromatic heterocycles. The van der Waals surface area contributed by atoms with E-state index < -0.39 is 17.9 Å². The molecule has 0 amide bonds. The Hall–Kier alpha value is -1.68. The Morgan fingerprint density at radius 1 is 0.952 bits per heavy atom. The van der Waals surface area contributed by atoms with Gasteiger partial charge in [-0.2, -0.15) is 8.42 Å². The van der Waals surface area contributed by atoms with Gasteiger partial charge in [0, 0.05) is 16.5 Å². The third-order valence-electron chi connectivity index (χ3n) is 2.49. The van der Waals surface area contributed by atoms with E-state index in [1.54, 1.807) is 18.2 Å². The predicted octanol–water partition coefficient (Wildman–Crippen LogP) is 0.364. The maximum absolute atomic E-state index is 11.8. The minimum Gasteiger partial charge on any atom is -0.398 e. The highest BCUT2D eigenvalue weighted by Gasteiger charge is 2.29. The molecule has 0 aliphatic heterocycles. The standard InChI is InChI=1S/C10H10N2O4S2.C2H7N/c11-9-5-6-10(17(13,14)18(12,15)16)8-4-2-1-3-7(8)9;1-2-3/h1-6H,11H2,(H2,12,15,16);2-3H2,1H3. The maximum Gasteiger partial charge on any atom is 0.319 e. The second kappa shape index (κ2) is 6.39. The lowest BCUT2D eigenvalue weighted by molar-refractivity contribution is 0.584. The summed E-state index contributed by atoms with van der Waals surface area (Å²) in [6.45, 7) is 2.65. The normalized spacial score (nSPS) is 11.8. The Morgan fingerprint density at radius 2 is 1.43 bits per heavy atom. The summed E-state index contributed by atoms with van der Waals surface area (Å²) < 4.78 is 45.9. The van der Waals surface area contributed by atoms with Gasteiger partial charge in [0.25, 0.3) is 8.87 Å². The fourth-order valence-electron chi connectivity index (χ4n) is 1.64. The molecule has 0 fully saturated rings. The molecule has 2 aromatic carbocycles. The Kier molecular flexibility index (Phi) is 5.29. The molecular weight excluding hydrogens is 314 g/mol. The number of hydrogen-bond acceptors (Lipinski definition) is 6. The second-order valence-electron chi connectivity index (χ2n) is 4.05. The highest BCUT2D eigenvalue weighted by atomic mass is 33.2. The predicted molar refractivity (Wildman–Crippen MR) is 83.4 cm³/mol. The van der Waals surface area contributed by atoms with E-state index in [4.69, 9.17) is 16.6 Å². The van der Waals surface area contributed by atoms with Crippen molar-refractivity contribution in [3.63, 3.8) is 0 Å². The Morgan fingerprint density at radius 3 is 1.90 bits per heavy atom. The van der Waals surface area contributed by atoms with Gasteiger partial charge < -0.3 is 11.5 Å². The van der Waals surface area contributed by atoms with E-state index in [-0.39, 0.29) is 10.3 Å². The highest BCUT2D eigenvalue weighted by Crippen LogP contribution is 2.29. The molecule has 7 nitrogen and oxygen atoms in total. The van der Waals surface area contributed by atoms with Crippen LogP contribution in [-0.4, -0.2) is 23.4 Å². The number of nitrogen functional groups attached to an aromatic ring is 1. The molecule has 116 valence electrons. The molecule has 0 bridgehead atoms. The molecule has 0 unspecified atom stereocenters. The molecule has 21 heavy (non-hydrogen) atoms. The number of nitrogens with two attached hydrogens (primary N) is 3. The van der Waals surface area contributed by atoms with E-state index >= 15 is 0 Å². The zero-order valence-corrected chi connectivity index (χ0v) is 13.0. The molecule has 0 radical (unpaired) electrons. The van der Waals surface area contributed by atoms with Crippen molar-refractivity contribution >= 4 is 34.4 Å². The number of hydrogen-bond donors (Lipinski definition) is 3. The molecule has 6 N–H and O–H groups in total. The quantitative estimate of drug-likeness (QED) is 0.535. The Labute approximate surface area is 123 Å². The summed E-state index contributed by atoms with van der Waals surface area (Å²) in [5.74, 6) is 0. The summed E-state index contributed by atoms with van der Waals surface area (Å²) in [4.78, 5) is -0.366. The molecule has 0 saturated carbocycles. The Balaban J connectivity index is 0.000000677. The van der Waals surface area contributed by atoms with Crippen LogP contribution in [0.5, 0.6) is 0 Å². The number of benzene rings is 2. The summed E-state index contributed by atoms with van der Waals surface area (Å²) in [5, 5.41) is 5.42. The van der Waals surface area contributed by atoms with Crippen LogP contribution in [0.1, 0.15) is 6.92 Å². The van der Waals surface area contributed by atoms with Crippen LogP contribution in [0.3, 0.4) is 0 Å². The molecule has 2 rings (SSSR count). The van der Waals surface area contributed by atoms with E-state index in [2.05, 4.69) is 0 Å². The molecule has 0 spiro atoms. The Bertz CT molecular complexity index is 846. The van der Waals surface area contributed by atoms with Crippen molar-refractivity contribution in [2.45, 2.75) is 11.8 Å². The van der Waals surface area contributed by atoms with Crippen LogP contribution >= 0.6 is 0 Å². The molecule has 0 atom stereocenters. The molecule has 2 aromatic rings. The van der Waals surface area contributed by atoms with Gasteiger partial charge in [-0.15, -0.1) is 0 Å². The van der Waals surface area contributed by atoms with Crippen molar-refractivity contribution in [3.05, 3.63) is 36.4 Å². The van der Waals surface area contributed by atoms with Crippen molar-refractivity contribution in [1.82, 2.24) is 0 Å². The lowest BCUT2D eigenvalue weighted by Crippen LogP contribution is -2.24. The minimum absolute atomic E-state index is 0.228. The summed E-state index contributed by atoms with van der Waals surface area (Å²) >= 11 is 0. The summed E-state index contributed by atoms with van der Waals surface area (Å²) in [7, 11) is -9.35. The third kappa shape index (κ3) is 3.50. The van der Waals surface area contributed by atoms with E-state index in [1.807, 2.05) is 6.92 Å². The van der Waals surface area contributed by atoms with Gasteiger partial charge in [-0.05, 0) is 18.7 Å². The van der Waals surface area contributed by atoms with E-state index in [1.165, 1.54) is 12.1 Å². The van der Waals surface area contributed by atoms with Crippen molar-refractivity contribution in [2.75, 3.05) is 12.3 Å². The number of anilines is 1. The topological polar surface area (TPSA) is 146 Å². The van der Waals surface area contributed by atoms with Crippen LogP contribution in [0, 0.1) is 0 Å². The zero-order valence-electron chi connectivity index (χ0n) is 11.4. The van der Waals surface area contributed by atoms with Gasteiger partial charge >= 0.3 is 9.06 Å². The van der Waals surface area contributed by atoms with Gasteiger partial charge in [0.15, 0.2) is 0 Å². The average Bonchev–Trinajstić information content (AvgIpc) is 2.39. The number of rotatable bonds is 2. The van der Waals surface area contributed by atoms with Gasteiger partial charge in [-0.3, -0.25) is 0 Å². The van der Waals surface area contributed by atoms with Crippen LogP contribution in [0.2, 0.25) is 0 Å². The molecule has 0 saturated heterocycles. The summed E-state index contributed by atoms with van der Waals surface area (Å²) in [6.07, 6.45) is 0. The fourth-order valence-corrected chi connectivity index (χ4v) is 3.76.